The molecule has 0 unspecified atom stereocenters. The zero-order valence-corrected chi connectivity index (χ0v) is 12.1. The average Bonchev–Trinajstić information content (AvgIpc) is 2.91. The second-order valence-corrected chi connectivity index (χ2v) is 7.03. The summed E-state index contributed by atoms with van der Waals surface area (Å²) in [6.45, 7) is 0.407. The summed E-state index contributed by atoms with van der Waals surface area (Å²) in [5, 5.41) is 2.84. The quantitative estimate of drug-likeness (QED) is 0.848. The molecule has 0 atom stereocenters. The minimum Gasteiger partial charge on any atom is -0.250 e. The highest BCUT2D eigenvalue weighted by molar-refractivity contribution is 7.89. The smallest absolute Gasteiger partial charge is 0.211 e. The summed E-state index contributed by atoms with van der Waals surface area (Å²) in [6, 6.07) is 9.62. The Morgan fingerprint density at radius 1 is 1.16 bits per heavy atom. The number of aryl methyl sites for hydroxylation is 1. The highest BCUT2D eigenvalue weighted by Gasteiger charge is 2.10. The van der Waals surface area contributed by atoms with E-state index in [-0.39, 0.29) is 5.75 Å². The van der Waals surface area contributed by atoms with Gasteiger partial charge in [0.2, 0.25) is 10.0 Å². The second-order valence-electron chi connectivity index (χ2n) is 4.12. The summed E-state index contributed by atoms with van der Waals surface area (Å²) in [5.74, 6) is 0.120. The molecule has 2 aromatic rings. The van der Waals surface area contributed by atoms with Gasteiger partial charge in [-0.15, -0.1) is 11.3 Å². The second kappa shape index (κ2) is 6.79. The third-order valence-corrected chi connectivity index (χ3v) is 4.87. The first-order chi connectivity index (χ1) is 9.16. The molecule has 0 saturated heterocycles. The van der Waals surface area contributed by atoms with E-state index in [9.17, 15) is 8.42 Å². The van der Waals surface area contributed by atoms with Gasteiger partial charge >= 0.3 is 0 Å². The van der Waals surface area contributed by atoms with Gasteiger partial charge in [-0.3, -0.25) is 0 Å². The summed E-state index contributed by atoms with van der Waals surface area (Å²) in [4.78, 5) is 4.11. The van der Waals surface area contributed by atoms with E-state index in [1.54, 1.807) is 6.20 Å². The van der Waals surface area contributed by atoms with E-state index < -0.39 is 10.0 Å². The van der Waals surface area contributed by atoms with Gasteiger partial charge in [0.1, 0.15) is 0 Å². The van der Waals surface area contributed by atoms with Crippen molar-refractivity contribution in [3.63, 3.8) is 0 Å². The van der Waals surface area contributed by atoms with Gasteiger partial charge in [0.05, 0.1) is 10.8 Å². The Bertz CT molecular complexity index is 580. The first-order valence-corrected chi connectivity index (χ1v) is 8.58. The molecule has 19 heavy (non-hydrogen) atoms. The predicted octanol–water partition coefficient (Wildman–Crippen LogP) is 1.85. The Kier molecular flexibility index (Phi) is 5.07. The molecule has 0 aliphatic heterocycles. The number of rotatable bonds is 7. The van der Waals surface area contributed by atoms with E-state index in [1.165, 1.54) is 11.3 Å². The number of nitrogens with zero attached hydrogens (tertiary/aromatic N) is 1. The molecule has 0 aliphatic carbocycles. The third-order valence-electron chi connectivity index (χ3n) is 2.65. The normalized spacial score (nSPS) is 11.6. The lowest BCUT2D eigenvalue weighted by Gasteiger charge is -2.05. The van der Waals surface area contributed by atoms with Crippen molar-refractivity contribution < 1.29 is 8.42 Å². The van der Waals surface area contributed by atoms with E-state index in [0.717, 1.165) is 10.6 Å². The van der Waals surface area contributed by atoms with Crippen LogP contribution in [0.2, 0.25) is 0 Å². The Balaban J connectivity index is 1.76. The van der Waals surface area contributed by atoms with Crippen molar-refractivity contribution in [2.45, 2.75) is 12.8 Å². The van der Waals surface area contributed by atoms with Gasteiger partial charge in [-0.1, -0.05) is 30.3 Å². The SMILES string of the molecule is O=S(=O)(CCc1ccccc1)NCCc1nccs1. The van der Waals surface area contributed by atoms with Crippen LogP contribution in [0.4, 0.5) is 0 Å². The van der Waals surface area contributed by atoms with Crippen molar-refractivity contribution in [1.82, 2.24) is 9.71 Å². The van der Waals surface area contributed by atoms with E-state index in [2.05, 4.69) is 9.71 Å². The largest absolute Gasteiger partial charge is 0.250 e. The number of hydrogen-bond acceptors (Lipinski definition) is 4. The standard InChI is InChI=1S/C13H16N2O2S2/c16-19(17,11-7-12-4-2-1-3-5-12)15-8-6-13-14-9-10-18-13/h1-5,9-10,15H,6-8,11H2. The van der Waals surface area contributed by atoms with Gasteiger partial charge in [0.25, 0.3) is 0 Å². The molecule has 1 aromatic heterocycles. The fourth-order valence-corrected chi connectivity index (χ4v) is 3.34. The fraction of sp³-hybridized carbons (Fsp3) is 0.308. The zero-order valence-electron chi connectivity index (χ0n) is 10.5. The molecule has 0 aliphatic rings. The topological polar surface area (TPSA) is 59.1 Å². The lowest BCUT2D eigenvalue weighted by molar-refractivity contribution is 0.581. The van der Waals surface area contributed by atoms with Crippen LogP contribution in [-0.2, 0) is 22.9 Å². The summed E-state index contributed by atoms with van der Waals surface area (Å²) in [7, 11) is -3.21. The van der Waals surface area contributed by atoms with E-state index in [4.69, 9.17) is 0 Å². The molecule has 1 heterocycles. The molecular formula is C13H16N2O2S2. The van der Waals surface area contributed by atoms with Crippen molar-refractivity contribution in [2.75, 3.05) is 12.3 Å². The summed E-state index contributed by atoms with van der Waals surface area (Å²) in [5.41, 5.74) is 1.03. The first kappa shape index (κ1) is 14.2. The molecule has 0 saturated carbocycles. The van der Waals surface area contributed by atoms with Crippen LogP contribution in [0.1, 0.15) is 10.6 Å². The highest BCUT2D eigenvalue weighted by Crippen LogP contribution is 2.04. The van der Waals surface area contributed by atoms with Crippen LogP contribution >= 0.6 is 11.3 Å². The number of hydrogen-bond donors (Lipinski definition) is 1. The fourth-order valence-electron chi connectivity index (χ4n) is 1.66. The lowest BCUT2D eigenvalue weighted by atomic mass is 10.2. The number of benzene rings is 1. The summed E-state index contributed by atoms with van der Waals surface area (Å²) < 4.78 is 26.2. The molecule has 4 nitrogen and oxygen atoms in total. The van der Waals surface area contributed by atoms with Crippen molar-refractivity contribution in [1.29, 1.82) is 0 Å². The first-order valence-electron chi connectivity index (χ1n) is 6.05. The molecule has 0 spiro atoms. The minimum absolute atomic E-state index is 0.120. The van der Waals surface area contributed by atoms with Gasteiger partial charge in [-0.25, -0.2) is 18.1 Å². The molecule has 0 amide bonds. The average molecular weight is 296 g/mol. The van der Waals surface area contributed by atoms with Gasteiger partial charge in [0, 0.05) is 24.5 Å². The van der Waals surface area contributed by atoms with Crippen LogP contribution in [0.25, 0.3) is 0 Å². The van der Waals surface area contributed by atoms with Crippen molar-refractivity contribution in [2.24, 2.45) is 0 Å². The third kappa shape index (κ3) is 5.10. The molecule has 6 heteroatoms. The summed E-state index contributed by atoms with van der Waals surface area (Å²) in [6.07, 6.45) is 2.90. The van der Waals surface area contributed by atoms with Crippen LogP contribution in [0.15, 0.2) is 41.9 Å². The van der Waals surface area contributed by atoms with Gasteiger partial charge in [-0.05, 0) is 12.0 Å². The summed E-state index contributed by atoms with van der Waals surface area (Å²) >= 11 is 1.54. The van der Waals surface area contributed by atoms with E-state index in [0.29, 0.717) is 19.4 Å². The molecule has 2 rings (SSSR count). The van der Waals surface area contributed by atoms with Crippen molar-refractivity contribution in [3.8, 4) is 0 Å². The number of nitrogens with one attached hydrogen (secondary N) is 1. The maximum Gasteiger partial charge on any atom is 0.211 e. The van der Waals surface area contributed by atoms with Crippen molar-refractivity contribution in [3.05, 3.63) is 52.5 Å². The van der Waals surface area contributed by atoms with Gasteiger partial charge in [-0.2, -0.15) is 0 Å². The molecule has 0 fully saturated rings. The zero-order chi connectivity index (χ0) is 13.6. The predicted molar refractivity (Wildman–Crippen MR) is 77.8 cm³/mol. The van der Waals surface area contributed by atoms with E-state index in [1.807, 2.05) is 35.7 Å². The lowest BCUT2D eigenvalue weighted by Crippen LogP contribution is -2.29. The van der Waals surface area contributed by atoms with Crippen LogP contribution in [0.3, 0.4) is 0 Å². The molecule has 1 N–H and O–H groups in total. The Labute approximate surface area is 117 Å². The number of sulfonamides is 1. The highest BCUT2D eigenvalue weighted by atomic mass is 32.2. The Hall–Kier alpha value is -1.24. The molecule has 102 valence electrons. The maximum absolute atomic E-state index is 11.8. The van der Waals surface area contributed by atoms with Gasteiger partial charge in [0.15, 0.2) is 0 Å². The van der Waals surface area contributed by atoms with Crippen LogP contribution in [-0.4, -0.2) is 25.7 Å². The van der Waals surface area contributed by atoms with Crippen LogP contribution in [0, 0.1) is 0 Å². The molecule has 0 radical (unpaired) electrons. The Morgan fingerprint density at radius 3 is 2.63 bits per heavy atom. The molecule has 0 bridgehead atoms. The maximum atomic E-state index is 11.8. The number of aromatic nitrogens is 1. The Morgan fingerprint density at radius 2 is 1.95 bits per heavy atom. The number of thiazole rings is 1. The molecule has 1 aromatic carbocycles. The van der Waals surface area contributed by atoms with E-state index >= 15 is 0 Å². The van der Waals surface area contributed by atoms with Crippen LogP contribution < -0.4 is 4.72 Å². The molecular weight excluding hydrogens is 280 g/mol. The van der Waals surface area contributed by atoms with Crippen molar-refractivity contribution >= 4 is 21.4 Å². The van der Waals surface area contributed by atoms with Crippen LogP contribution in [0.5, 0.6) is 0 Å². The van der Waals surface area contributed by atoms with Gasteiger partial charge < -0.3 is 0 Å². The minimum atomic E-state index is -3.21. The monoisotopic (exact) mass is 296 g/mol.